The summed E-state index contributed by atoms with van der Waals surface area (Å²) in [5, 5.41) is 0. The van der Waals surface area contributed by atoms with Gasteiger partial charge in [0.25, 0.3) is 0 Å². The lowest BCUT2D eigenvalue weighted by Gasteiger charge is -2.17. The summed E-state index contributed by atoms with van der Waals surface area (Å²) in [5.74, 6) is -0.542. The molecule has 2 N–H and O–H groups in total. The molecular weight excluding hydrogens is 204 g/mol. The lowest BCUT2D eigenvalue weighted by molar-refractivity contribution is -0.137. The van der Waals surface area contributed by atoms with Gasteiger partial charge in [-0.2, -0.15) is 0 Å². The highest BCUT2D eigenvalue weighted by atomic mass is 19.2. The number of halogens is 2. The van der Waals surface area contributed by atoms with Gasteiger partial charge in [-0.25, -0.2) is 13.6 Å². The van der Waals surface area contributed by atoms with Crippen LogP contribution in [0, 0.1) is 0 Å². The molecule has 0 unspecified atom stereocenters. The Balaban J connectivity index is 2.54. The fraction of sp³-hybridized carbons (Fsp3) is 0.700. The van der Waals surface area contributed by atoms with E-state index in [1.807, 2.05) is 0 Å². The molecule has 1 saturated carbocycles. The number of rotatable bonds is 3. The van der Waals surface area contributed by atoms with Crippen molar-refractivity contribution in [3.63, 3.8) is 0 Å². The first-order chi connectivity index (χ1) is 6.97. The molecule has 0 amide bonds. The molecule has 0 aromatic carbocycles. The Morgan fingerprint density at radius 3 is 2.53 bits per heavy atom. The number of alkyl halides is 2. The zero-order valence-corrected chi connectivity index (χ0v) is 8.58. The molecule has 1 aliphatic rings. The Morgan fingerprint density at radius 2 is 2.07 bits per heavy atom. The predicted molar refractivity (Wildman–Crippen MR) is 51.7 cm³/mol. The van der Waals surface area contributed by atoms with Gasteiger partial charge in [0.1, 0.15) is 12.3 Å². The van der Waals surface area contributed by atoms with Gasteiger partial charge in [-0.15, -0.1) is 0 Å². The number of hydrogen-bond acceptors (Lipinski definition) is 3. The molecule has 15 heavy (non-hydrogen) atoms. The standard InChI is InChI=1S/C10H15F2NO2/c1-2-15-9(14)3-4-10(13)5-7(11)8(12)6-10/h3-4,7-8H,2,5-6,13H2,1H3/b4-3-/t7-,8+,10-. The third-order valence-electron chi connectivity index (χ3n) is 2.38. The van der Waals surface area contributed by atoms with Crippen LogP contribution in [0.25, 0.3) is 0 Å². The average Bonchev–Trinajstić information content (AvgIpc) is 2.39. The van der Waals surface area contributed by atoms with Crippen LogP contribution in [0.5, 0.6) is 0 Å². The van der Waals surface area contributed by atoms with Crippen molar-refractivity contribution < 1.29 is 18.3 Å². The summed E-state index contributed by atoms with van der Waals surface area (Å²) in [6, 6.07) is 0. The highest BCUT2D eigenvalue weighted by molar-refractivity contribution is 5.82. The first-order valence-corrected chi connectivity index (χ1v) is 4.90. The Kier molecular flexibility index (Phi) is 3.79. The maximum atomic E-state index is 12.9. The minimum atomic E-state index is -1.54. The first kappa shape index (κ1) is 12.1. The largest absolute Gasteiger partial charge is 0.463 e. The van der Waals surface area contributed by atoms with Gasteiger partial charge in [0.15, 0.2) is 0 Å². The summed E-state index contributed by atoms with van der Waals surface area (Å²) < 4.78 is 30.4. The van der Waals surface area contributed by atoms with Crippen molar-refractivity contribution >= 4 is 5.97 Å². The Hall–Kier alpha value is -0.970. The van der Waals surface area contributed by atoms with Gasteiger partial charge in [-0.05, 0) is 6.92 Å². The van der Waals surface area contributed by atoms with Gasteiger partial charge >= 0.3 is 5.97 Å². The molecule has 0 aromatic heterocycles. The van der Waals surface area contributed by atoms with E-state index in [2.05, 4.69) is 4.74 Å². The zero-order valence-electron chi connectivity index (χ0n) is 8.58. The van der Waals surface area contributed by atoms with Crippen LogP contribution < -0.4 is 5.73 Å². The van der Waals surface area contributed by atoms with Crippen molar-refractivity contribution in [3.8, 4) is 0 Å². The van der Waals surface area contributed by atoms with Gasteiger partial charge in [0.05, 0.1) is 6.61 Å². The lowest BCUT2D eigenvalue weighted by atomic mass is 9.98. The lowest BCUT2D eigenvalue weighted by Crippen LogP contribution is -2.35. The molecule has 3 atom stereocenters. The smallest absolute Gasteiger partial charge is 0.330 e. The first-order valence-electron chi connectivity index (χ1n) is 4.90. The van der Waals surface area contributed by atoms with Crippen LogP contribution in [0.4, 0.5) is 8.78 Å². The maximum absolute atomic E-state index is 12.9. The van der Waals surface area contributed by atoms with Crippen LogP contribution in [-0.4, -0.2) is 30.5 Å². The molecule has 1 aliphatic carbocycles. The van der Waals surface area contributed by atoms with Crippen molar-refractivity contribution in [1.29, 1.82) is 0 Å². The minimum Gasteiger partial charge on any atom is -0.463 e. The molecule has 5 heteroatoms. The Morgan fingerprint density at radius 1 is 1.53 bits per heavy atom. The SMILES string of the molecule is CCOC(=O)/C=C\[C@@]1(N)C[C@@H](F)[C@@H](F)C1. The molecule has 0 spiro atoms. The van der Waals surface area contributed by atoms with E-state index >= 15 is 0 Å². The van der Waals surface area contributed by atoms with E-state index in [4.69, 9.17) is 5.73 Å². The van der Waals surface area contributed by atoms with Gasteiger partial charge in [0, 0.05) is 24.5 Å². The number of esters is 1. The van der Waals surface area contributed by atoms with Crippen molar-refractivity contribution in [2.24, 2.45) is 5.73 Å². The van der Waals surface area contributed by atoms with Crippen LogP contribution in [0.2, 0.25) is 0 Å². The summed E-state index contributed by atoms with van der Waals surface area (Å²) in [6.45, 7) is 1.94. The molecule has 0 aliphatic heterocycles. The molecule has 0 radical (unpaired) electrons. The number of carbonyl (C=O) groups excluding carboxylic acids is 1. The van der Waals surface area contributed by atoms with E-state index in [1.165, 1.54) is 6.08 Å². The van der Waals surface area contributed by atoms with Gasteiger partial charge in [0.2, 0.25) is 0 Å². The predicted octanol–water partition coefficient (Wildman–Crippen LogP) is 1.27. The molecule has 3 nitrogen and oxygen atoms in total. The summed E-state index contributed by atoms with van der Waals surface area (Å²) in [7, 11) is 0. The van der Waals surface area contributed by atoms with Crippen molar-refractivity contribution in [2.75, 3.05) is 6.61 Å². The average molecular weight is 219 g/mol. The zero-order chi connectivity index (χ0) is 11.5. The number of carbonyl (C=O) groups is 1. The van der Waals surface area contributed by atoms with Crippen LogP contribution in [0.3, 0.4) is 0 Å². The Labute approximate surface area is 87.3 Å². The minimum absolute atomic E-state index is 0.0932. The van der Waals surface area contributed by atoms with Crippen LogP contribution in [-0.2, 0) is 9.53 Å². The van der Waals surface area contributed by atoms with Crippen LogP contribution in [0.15, 0.2) is 12.2 Å². The molecule has 0 saturated heterocycles. The van der Waals surface area contributed by atoms with Crippen LogP contribution >= 0.6 is 0 Å². The normalized spacial score (nSPS) is 36.0. The number of hydrogen-bond donors (Lipinski definition) is 1. The fourth-order valence-electron chi connectivity index (χ4n) is 1.63. The summed E-state index contributed by atoms with van der Waals surface area (Å²) in [4.78, 5) is 11.0. The van der Waals surface area contributed by atoms with Gasteiger partial charge < -0.3 is 10.5 Å². The second-order valence-corrected chi connectivity index (χ2v) is 3.76. The number of ether oxygens (including phenoxy) is 1. The topological polar surface area (TPSA) is 52.3 Å². The molecule has 86 valence electrons. The van der Waals surface area contributed by atoms with E-state index in [0.29, 0.717) is 0 Å². The van der Waals surface area contributed by atoms with Crippen molar-refractivity contribution in [2.45, 2.75) is 37.6 Å². The van der Waals surface area contributed by atoms with E-state index in [9.17, 15) is 13.6 Å². The Bertz CT molecular complexity index is 258. The highest BCUT2D eigenvalue weighted by Crippen LogP contribution is 2.33. The second kappa shape index (κ2) is 4.70. The van der Waals surface area contributed by atoms with Gasteiger partial charge in [-0.3, -0.25) is 0 Å². The molecule has 0 aromatic rings. The summed E-state index contributed by atoms with van der Waals surface area (Å²) in [6.07, 6.45) is -0.803. The second-order valence-electron chi connectivity index (χ2n) is 3.76. The monoisotopic (exact) mass is 219 g/mol. The molecule has 1 fully saturated rings. The molecular formula is C10H15F2NO2. The summed E-state index contributed by atoms with van der Waals surface area (Å²) >= 11 is 0. The van der Waals surface area contributed by atoms with E-state index in [0.717, 1.165) is 6.08 Å². The van der Waals surface area contributed by atoms with Crippen LogP contribution in [0.1, 0.15) is 19.8 Å². The van der Waals surface area contributed by atoms with E-state index in [1.54, 1.807) is 6.92 Å². The van der Waals surface area contributed by atoms with E-state index < -0.39 is 23.9 Å². The van der Waals surface area contributed by atoms with Crippen molar-refractivity contribution in [3.05, 3.63) is 12.2 Å². The van der Waals surface area contributed by atoms with Gasteiger partial charge in [-0.1, -0.05) is 6.08 Å². The molecule has 0 bridgehead atoms. The fourth-order valence-corrected chi connectivity index (χ4v) is 1.63. The summed E-state index contributed by atoms with van der Waals surface area (Å²) in [5.41, 5.74) is 4.65. The van der Waals surface area contributed by atoms with E-state index in [-0.39, 0.29) is 19.4 Å². The quantitative estimate of drug-likeness (QED) is 0.574. The molecule has 0 heterocycles. The van der Waals surface area contributed by atoms with Crippen molar-refractivity contribution in [1.82, 2.24) is 0 Å². The third-order valence-corrected chi connectivity index (χ3v) is 2.38. The third kappa shape index (κ3) is 3.27. The number of nitrogens with two attached hydrogens (primary N) is 1. The molecule has 1 rings (SSSR count). The maximum Gasteiger partial charge on any atom is 0.330 e. The highest BCUT2D eigenvalue weighted by Gasteiger charge is 2.42.